The lowest BCUT2D eigenvalue weighted by atomic mass is 10.2. The van der Waals surface area contributed by atoms with E-state index in [0.29, 0.717) is 18.8 Å². The number of rotatable bonds is 8. The lowest BCUT2D eigenvalue weighted by Crippen LogP contribution is -2.45. The second-order valence-electron chi connectivity index (χ2n) is 6.34. The van der Waals surface area contributed by atoms with E-state index in [1.54, 1.807) is 12.1 Å². The Hall–Kier alpha value is -1.68. The number of urea groups is 1. The molecular formula is C17H28N4O4S. The average Bonchev–Trinajstić information content (AvgIpc) is 2.93. The van der Waals surface area contributed by atoms with Crippen molar-refractivity contribution in [2.75, 3.05) is 38.6 Å². The molecule has 26 heavy (non-hydrogen) atoms. The summed E-state index contributed by atoms with van der Waals surface area (Å²) in [6, 6.07) is 5.66. The van der Waals surface area contributed by atoms with E-state index in [2.05, 4.69) is 20.3 Å². The van der Waals surface area contributed by atoms with Crippen LogP contribution in [0.5, 0.6) is 0 Å². The summed E-state index contributed by atoms with van der Waals surface area (Å²) < 4.78 is 32.3. The van der Waals surface area contributed by atoms with Crippen molar-refractivity contribution >= 4 is 21.7 Å². The predicted molar refractivity (Wildman–Crippen MR) is 101 cm³/mol. The van der Waals surface area contributed by atoms with Gasteiger partial charge in [-0.3, -0.25) is 0 Å². The zero-order valence-corrected chi connectivity index (χ0v) is 16.3. The maximum atomic E-state index is 12.2. The molecule has 146 valence electrons. The molecule has 0 aliphatic carbocycles. The van der Waals surface area contributed by atoms with Crippen LogP contribution in [0.15, 0.2) is 29.2 Å². The summed E-state index contributed by atoms with van der Waals surface area (Å²) in [5.74, 6) is 0. The zero-order chi connectivity index (χ0) is 19.2. The Bertz CT molecular complexity index is 693. The van der Waals surface area contributed by atoms with Gasteiger partial charge in [0.25, 0.3) is 0 Å². The molecule has 0 aromatic heterocycles. The minimum absolute atomic E-state index is 0.0343. The molecule has 3 N–H and O–H groups in total. The highest BCUT2D eigenvalue weighted by Gasteiger charge is 2.32. The molecule has 1 saturated heterocycles. The van der Waals surface area contributed by atoms with Crippen molar-refractivity contribution in [1.82, 2.24) is 14.9 Å². The number of amides is 2. The molecule has 1 aliphatic rings. The molecule has 1 heterocycles. The molecular weight excluding hydrogens is 356 g/mol. The number of likely N-dealkylation sites (tertiary alicyclic amines) is 1. The Morgan fingerprint density at radius 2 is 1.92 bits per heavy atom. The van der Waals surface area contributed by atoms with Crippen LogP contribution in [0.4, 0.5) is 10.5 Å². The van der Waals surface area contributed by atoms with Crippen LogP contribution in [-0.2, 0) is 14.8 Å². The van der Waals surface area contributed by atoms with Gasteiger partial charge in [-0.05, 0) is 44.7 Å². The van der Waals surface area contributed by atoms with E-state index in [4.69, 9.17) is 4.74 Å². The summed E-state index contributed by atoms with van der Waals surface area (Å²) in [7, 11) is -1.52. The molecule has 1 fully saturated rings. The summed E-state index contributed by atoms with van der Waals surface area (Å²) in [5, 5.41) is 5.65. The van der Waals surface area contributed by atoms with Crippen LogP contribution in [0, 0.1) is 0 Å². The second-order valence-corrected chi connectivity index (χ2v) is 8.11. The molecule has 0 saturated carbocycles. The van der Waals surface area contributed by atoms with Crippen LogP contribution in [-0.4, -0.2) is 64.8 Å². The van der Waals surface area contributed by atoms with Crippen molar-refractivity contribution in [3.63, 3.8) is 0 Å². The quantitative estimate of drug-likeness (QED) is 0.626. The molecule has 1 aromatic carbocycles. The number of sulfonamides is 1. The maximum absolute atomic E-state index is 12.2. The van der Waals surface area contributed by atoms with Crippen LogP contribution in [0.25, 0.3) is 0 Å². The fourth-order valence-electron chi connectivity index (χ4n) is 2.86. The van der Waals surface area contributed by atoms with Crippen LogP contribution in [0.2, 0.25) is 0 Å². The molecule has 8 nitrogen and oxygen atoms in total. The number of hydrogen-bond acceptors (Lipinski definition) is 5. The fourth-order valence-corrected chi connectivity index (χ4v) is 3.99. The highest BCUT2D eigenvalue weighted by atomic mass is 32.2. The Morgan fingerprint density at radius 1 is 1.23 bits per heavy atom. The topological polar surface area (TPSA) is 99.8 Å². The SMILES string of the molecule is CCCNS(=O)(=O)c1ccc(NC(=O)N[C@H]2CN(C)C[C@@H]2OCC)cc1. The number of anilines is 1. The minimum Gasteiger partial charge on any atom is -0.375 e. The van der Waals surface area contributed by atoms with Crippen molar-refractivity contribution in [1.29, 1.82) is 0 Å². The van der Waals surface area contributed by atoms with E-state index in [9.17, 15) is 13.2 Å². The van der Waals surface area contributed by atoms with Crippen molar-refractivity contribution in [2.45, 2.75) is 37.3 Å². The van der Waals surface area contributed by atoms with Crippen molar-refractivity contribution in [3.05, 3.63) is 24.3 Å². The summed E-state index contributed by atoms with van der Waals surface area (Å²) in [4.78, 5) is 14.5. The molecule has 2 rings (SSSR count). The van der Waals surface area contributed by atoms with E-state index in [-0.39, 0.29) is 23.1 Å². The average molecular weight is 385 g/mol. The number of nitrogens with zero attached hydrogens (tertiary/aromatic N) is 1. The first kappa shape index (κ1) is 20.6. The van der Waals surface area contributed by atoms with Crippen molar-refractivity contribution < 1.29 is 17.9 Å². The highest BCUT2D eigenvalue weighted by Crippen LogP contribution is 2.15. The van der Waals surface area contributed by atoms with Crippen LogP contribution in [0.3, 0.4) is 0 Å². The summed E-state index contributed by atoms with van der Waals surface area (Å²) >= 11 is 0. The van der Waals surface area contributed by atoms with Crippen LogP contribution < -0.4 is 15.4 Å². The first-order valence-electron chi connectivity index (χ1n) is 8.83. The zero-order valence-electron chi connectivity index (χ0n) is 15.5. The van der Waals surface area contributed by atoms with E-state index in [1.165, 1.54) is 12.1 Å². The Kier molecular flexibility index (Phi) is 7.39. The van der Waals surface area contributed by atoms with Gasteiger partial charge in [-0.2, -0.15) is 0 Å². The summed E-state index contributed by atoms with van der Waals surface area (Å²) in [6.45, 7) is 6.31. The van der Waals surface area contributed by atoms with Gasteiger partial charge in [0.15, 0.2) is 0 Å². The fraction of sp³-hybridized carbons (Fsp3) is 0.588. The smallest absolute Gasteiger partial charge is 0.319 e. The number of nitrogens with one attached hydrogen (secondary N) is 3. The van der Waals surface area contributed by atoms with Crippen molar-refractivity contribution in [2.24, 2.45) is 0 Å². The molecule has 0 unspecified atom stereocenters. The highest BCUT2D eigenvalue weighted by molar-refractivity contribution is 7.89. The lowest BCUT2D eigenvalue weighted by molar-refractivity contribution is 0.0568. The van der Waals surface area contributed by atoms with Gasteiger partial charge in [0, 0.05) is 31.9 Å². The molecule has 2 amide bonds. The minimum atomic E-state index is -3.51. The van der Waals surface area contributed by atoms with E-state index < -0.39 is 10.0 Å². The number of ether oxygens (including phenoxy) is 1. The number of carbonyl (C=O) groups excluding carboxylic acids is 1. The monoisotopic (exact) mass is 384 g/mol. The first-order valence-corrected chi connectivity index (χ1v) is 10.3. The first-order chi connectivity index (χ1) is 12.4. The second kappa shape index (κ2) is 9.31. The van der Waals surface area contributed by atoms with Gasteiger partial charge in [0.05, 0.1) is 17.0 Å². The normalized spacial score (nSPS) is 20.9. The molecule has 2 atom stereocenters. The molecule has 0 spiro atoms. The van der Waals surface area contributed by atoms with E-state index >= 15 is 0 Å². The third-order valence-electron chi connectivity index (χ3n) is 4.11. The molecule has 1 aliphatic heterocycles. The van der Waals surface area contributed by atoms with Gasteiger partial charge in [-0.15, -0.1) is 0 Å². The third-order valence-corrected chi connectivity index (χ3v) is 5.59. The van der Waals surface area contributed by atoms with Gasteiger partial charge >= 0.3 is 6.03 Å². The summed E-state index contributed by atoms with van der Waals surface area (Å²) in [6.07, 6.45) is 0.686. The Labute approximate surface area is 155 Å². The van der Waals surface area contributed by atoms with Crippen LogP contribution >= 0.6 is 0 Å². The Balaban J connectivity index is 1.93. The number of likely N-dealkylation sites (N-methyl/N-ethyl adjacent to an activating group) is 1. The lowest BCUT2D eigenvalue weighted by Gasteiger charge is -2.20. The Morgan fingerprint density at radius 3 is 2.54 bits per heavy atom. The molecule has 1 aromatic rings. The molecule has 9 heteroatoms. The number of benzene rings is 1. The van der Waals surface area contributed by atoms with Gasteiger partial charge in [0.2, 0.25) is 10.0 Å². The predicted octanol–water partition coefficient (Wildman–Crippen LogP) is 1.22. The van der Waals surface area contributed by atoms with Gasteiger partial charge in [0.1, 0.15) is 0 Å². The standard InChI is InChI=1S/C17H28N4O4S/c1-4-10-18-26(23,24)14-8-6-13(7-9-14)19-17(22)20-15-11-21(3)12-16(15)25-5-2/h6-9,15-16,18H,4-5,10-12H2,1-3H3,(H2,19,20,22)/t15-,16-/m0/s1. The van der Waals surface area contributed by atoms with E-state index in [0.717, 1.165) is 19.5 Å². The van der Waals surface area contributed by atoms with Crippen LogP contribution in [0.1, 0.15) is 20.3 Å². The maximum Gasteiger partial charge on any atom is 0.319 e. The van der Waals surface area contributed by atoms with Gasteiger partial charge in [-0.25, -0.2) is 17.9 Å². The van der Waals surface area contributed by atoms with E-state index in [1.807, 2.05) is 20.9 Å². The molecule has 0 radical (unpaired) electrons. The largest absolute Gasteiger partial charge is 0.375 e. The summed E-state index contributed by atoms with van der Waals surface area (Å²) in [5.41, 5.74) is 0.524. The molecule has 0 bridgehead atoms. The van der Waals surface area contributed by atoms with Gasteiger partial charge < -0.3 is 20.3 Å². The number of carbonyl (C=O) groups is 1. The number of hydrogen-bond donors (Lipinski definition) is 3. The third kappa shape index (κ3) is 5.66. The van der Waals surface area contributed by atoms with Crippen molar-refractivity contribution in [3.8, 4) is 0 Å². The van der Waals surface area contributed by atoms with Gasteiger partial charge in [-0.1, -0.05) is 6.92 Å².